The molecule has 1 saturated heterocycles. The van der Waals surface area contributed by atoms with Gasteiger partial charge in [-0.1, -0.05) is 0 Å². The first-order valence-corrected chi connectivity index (χ1v) is 8.56. The highest BCUT2D eigenvalue weighted by Crippen LogP contribution is 2.62. The minimum atomic E-state index is -2.87. The Bertz CT molecular complexity index is 197. The van der Waals surface area contributed by atoms with Crippen LogP contribution in [0.1, 0.15) is 20.3 Å². The second-order valence-electron chi connectivity index (χ2n) is 2.78. The molecule has 1 heterocycles. The molecule has 1 aliphatic rings. The van der Waals surface area contributed by atoms with Crippen LogP contribution in [0.2, 0.25) is 0 Å². The Morgan fingerprint density at radius 1 is 1.21 bits per heavy atom. The third kappa shape index (κ3) is 3.46. The number of hydrogen-bond acceptors (Lipinski definition) is 5. The highest BCUT2D eigenvalue weighted by Gasteiger charge is 2.37. The van der Waals surface area contributed by atoms with E-state index in [0.717, 1.165) is 11.5 Å². The van der Waals surface area contributed by atoms with E-state index in [0.29, 0.717) is 13.2 Å². The van der Waals surface area contributed by atoms with E-state index < -0.39 is 7.60 Å². The van der Waals surface area contributed by atoms with Crippen molar-refractivity contribution in [1.82, 2.24) is 0 Å². The van der Waals surface area contributed by atoms with E-state index in [9.17, 15) is 4.57 Å². The molecule has 0 unspecified atom stereocenters. The van der Waals surface area contributed by atoms with Crippen LogP contribution in [0, 0.1) is 0 Å². The first kappa shape index (κ1) is 12.9. The van der Waals surface area contributed by atoms with Gasteiger partial charge in [0.05, 0.1) is 13.2 Å². The maximum atomic E-state index is 12.3. The molecule has 1 fully saturated rings. The van der Waals surface area contributed by atoms with Crippen molar-refractivity contribution in [3.05, 3.63) is 0 Å². The molecular weight excluding hydrogens is 239 g/mol. The summed E-state index contributed by atoms with van der Waals surface area (Å²) in [6.07, 6.45) is 1.18. The Hall–Kier alpha value is 0.850. The molecule has 0 saturated carbocycles. The molecule has 0 aliphatic carbocycles. The third-order valence-electron chi connectivity index (χ3n) is 1.69. The fourth-order valence-corrected chi connectivity index (χ4v) is 7.21. The van der Waals surface area contributed by atoms with Gasteiger partial charge in [0.15, 0.2) is 4.32 Å². The van der Waals surface area contributed by atoms with Gasteiger partial charge in [-0.25, -0.2) is 0 Å². The zero-order valence-electron chi connectivity index (χ0n) is 8.60. The summed E-state index contributed by atoms with van der Waals surface area (Å²) in [6, 6.07) is 0. The molecule has 0 amide bonds. The average Bonchev–Trinajstić information content (AvgIpc) is 2.20. The summed E-state index contributed by atoms with van der Waals surface area (Å²) < 4.78 is 22.9. The van der Waals surface area contributed by atoms with E-state index in [1.54, 1.807) is 23.5 Å². The molecule has 0 bridgehead atoms. The number of hydrogen-bond donors (Lipinski definition) is 0. The van der Waals surface area contributed by atoms with Gasteiger partial charge in [-0.3, -0.25) is 4.57 Å². The smallest absolute Gasteiger partial charge is 0.308 e. The largest absolute Gasteiger partial charge is 0.353 e. The molecule has 1 aliphatic heterocycles. The summed E-state index contributed by atoms with van der Waals surface area (Å²) in [5, 5.41) is 0. The topological polar surface area (TPSA) is 35.5 Å². The van der Waals surface area contributed by atoms with Gasteiger partial charge in [0, 0.05) is 0 Å². The summed E-state index contributed by atoms with van der Waals surface area (Å²) >= 11 is 3.40. The second kappa shape index (κ2) is 6.44. The molecule has 0 aromatic heterocycles. The summed E-state index contributed by atoms with van der Waals surface area (Å²) in [5.41, 5.74) is 0. The van der Waals surface area contributed by atoms with E-state index in [1.807, 2.05) is 13.8 Å². The van der Waals surface area contributed by atoms with Crippen molar-refractivity contribution >= 4 is 31.1 Å². The molecule has 0 N–H and O–H groups in total. The first-order chi connectivity index (χ1) is 6.73. The lowest BCUT2D eigenvalue weighted by Crippen LogP contribution is -2.11. The second-order valence-corrected chi connectivity index (χ2v) is 8.31. The SMILES string of the molecule is CCOP(=O)(OCC)C1SCCCS1. The van der Waals surface area contributed by atoms with Gasteiger partial charge < -0.3 is 9.05 Å². The van der Waals surface area contributed by atoms with Gasteiger partial charge in [-0.2, -0.15) is 0 Å². The van der Waals surface area contributed by atoms with Crippen LogP contribution in [0.25, 0.3) is 0 Å². The molecule has 0 aromatic rings. The highest BCUT2D eigenvalue weighted by atomic mass is 32.2. The van der Waals surface area contributed by atoms with Crippen molar-refractivity contribution in [3.63, 3.8) is 0 Å². The number of thioether (sulfide) groups is 2. The quantitative estimate of drug-likeness (QED) is 0.704. The molecule has 0 spiro atoms. The van der Waals surface area contributed by atoms with Crippen molar-refractivity contribution in [2.45, 2.75) is 24.6 Å². The maximum Gasteiger partial charge on any atom is 0.353 e. The monoisotopic (exact) mass is 256 g/mol. The molecule has 14 heavy (non-hydrogen) atoms. The molecule has 1 rings (SSSR count). The predicted octanol–water partition coefficient (Wildman–Crippen LogP) is 3.41. The Morgan fingerprint density at radius 3 is 2.14 bits per heavy atom. The Labute approximate surface area is 94.2 Å². The van der Waals surface area contributed by atoms with Crippen LogP contribution in [0.5, 0.6) is 0 Å². The third-order valence-corrected chi connectivity index (χ3v) is 8.32. The predicted molar refractivity (Wildman–Crippen MR) is 64.2 cm³/mol. The first-order valence-electron chi connectivity index (χ1n) is 4.85. The van der Waals surface area contributed by atoms with Gasteiger partial charge in [0.25, 0.3) is 0 Å². The Kier molecular flexibility index (Phi) is 5.94. The summed E-state index contributed by atoms with van der Waals surface area (Å²) in [5.74, 6) is 2.11. The lowest BCUT2D eigenvalue weighted by atomic mass is 10.6. The summed E-state index contributed by atoms with van der Waals surface area (Å²) in [7, 11) is -2.87. The van der Waals surface area contributed by atoms with E-state index in [4.69, 9.17) is 9.05 Å². The van der Waals surface area contributed by atoms with Gasteiger partial charge in [0.1, 0.15) is 0 Å². The molecule has 3 nitrogen and oxygen atoms in total. The van der Waals surface area contributed by atoms with Crippen LogP contribution in [0.3, 0.4) is 0 Å². The minimum absolute atomic E-state index is 0.0175. The maximum absolute atomic E-state index is 12.3. The minimum Gasteiger partial charge on any atom is -0.308 e. The Morgan fingerprint density at radius 2 is 1.71 bits per heavy atom. The highest BCUT2D eigenvalue weighted by molar-refractivity contribution is 8.24. The molecule has 0 radical (unpaired) electrons. The van der Waals surface area contributed by atoms with Crippen LogP contribution in [0.4, 0.5) is 0 Å². The Balaban J connectivity index is 2.59. The average molecular weight is 256 g/mol. The van der Waals surface area contributed by atoms with E-state index in [2.05, 4.69) is 0 Å². The van der Waals surface area contributed by atoms with Crippen molar-refractivity contribution in [3.8, 4) is 0 Å². The van der Waals surface area contributed by atoms with E-state index in [1.165, 1.54) is 6.42 Å². The molecule has 6 heteroatoms. The number of rotatable bonds is 5. The molecule has 84 valence electrons. The van der Waals surface area contributed by atoms with E-state index >= 15 is 0 Å². The van der Waals surface area contributed by atoms with Crippen LogP contribution < -0.4 is 0 Å². The van der Waals surface area contributed by atoms with Crippen molar-refractivity contribution in [2.75, 3.05) is 24.7 Å². The standard InChI is InChI=1S/C8H17O3PS2/c1-3-10-12(9,11-4-2)8-13-6-5-7-14-8/h8H,3-7H2,1-2H3. The molecular formula is C8H17O3PS2. The van der Waals surface area contributed by atoms with Gasteiger partial charge in [0.2, 0.25) is 0 Å². The summed E-state index contributed by atoms with van der Waals surface area (Å²) in [4.78, 5) is 0. The van der Waals surface area contributed by atoms with Gasteiger partial charge in [-0.15, -0.1) is 23.5 Å². The lowest BCUT2D eigenvalue weighted by molar-refractivity contribution is 0.222. The van der Waals surface area contributed by atoms with Crippen LogP contribution >= 0.6 is 31.1 Å². The van der Waals surface area contributed by atoms with Crippen molar-refractivity contribution in [2.24, 2.45) is 0 Å². The van der Waals surface area contributed by atoms with E-state index in [-0.39, 0.29) is 4.32 Å². The molecule has 0 atom stereocenters. The van der Waals surface area contributed by atoms with Gasteiger partial charge >= 0.3 is 7.60 Å². The fourth-order valence-electron chi connectivity index (χ4n) is 1.18. The zero-order valence-corrected chi connectivity index (χ0v) is 11.1. The fraction of sp³-hybridized carbons (Fsp3) is 1.00. The van der Waals surface area contributed by atoms with Crippen molar-refractivity contribution < 1.29 is 13.6 Å². The summed E-state index contributed by atoms with van der Waals surface area (Å²) in [6.45, 7) is 4.61. The molecule has 0 aromatic carbocycles. The van der Waals surface area contributed by atoms with Gasteiger partial charge in [-0.05, 0) is 31.8 Å². The van der Waals surface area contributed by atoms with Crippen LogP contribution in [-0.2, 0) is 13.6 Å². The normalized spacial score (nSPS) is 19.9. The zero-order chi connectivity index (χ0) is 10.4. The lowest BCUT2D eigenvalue weighted by Gasteiger charge is -2.27. The van der Waals surface area contributed by atoms with Crippen LogP contribution in [0.15, 0.2) is 0 Å². The van der Waals surface area contributed by atoms with Crippen LogP contribution in [-0.4, -0.2) is 29.0 Å². The van der Waals surface area contributed by atoms with Crippen molar-refractivity contribution in [1.29, 1.82) is 0 Å².